The molecule has 5 heteroatoms. The quantitative estimate of drug-likeness (QED) is 0.744. The van der Waals surface area contributed by atoms with Gasteiger partial charge in [-0.15, -0.1) is 0 Å². The lowest BCUT2D eigenvalue weighted by molar-refractivity contribution is -0.120. The van der Waals surface area contributed by atoms with Crippen molar-refractivity contribution in [2.24, 2.45) is 5.92 Å². The average Bonchev–Trinajstić information content (AvgIpc) is 2.12. The number of sulfone groups is 1. The summed E-state index contributed by atoms with van der Waals surface area (Å²) >= 11 is 0. The Morgan fingerprint density at radius 3 is 2.79 bits per heavy atom. The van der Waals surface area contributed by atoms with Crippen LogP contribution in [0.1, 0.15) is 26.2 Å². The van der Waals surface area contributed by atoms with E-state index in [4.69, 9.17) is 0 Å². The Labute approximate surface area is 85.0 Å². The average molecular weight is 219 g/mol. The lowest BCUT2D eigenvalue weighted by atomic mass is 10.1. The predicted octanol–water partition coefficient (Wildman–Crippen LogP) is 0.337. The first-order chi connectivity index (χ1) is 6.53. The van der Waals surface area contributed by atoms with Gasteiger partial charge in [0, 0.05) is 13.0 Å². The van der Waals surface area contributed by atoms with Crippen LogP contribution in [0.3, 0.4) is 0 Å². The Hall–Kier alpha value is -0.580. The molecule has 0 aliphatic carbocycles. The van der Waals surface area contributed by atoms with E-state index in [2.05, 4.69) is 5.32 Å². The summed E-state index contributed by atoms with van der Waals surface area (Å²) in [4.78, 5) is 11.0. The monoisotopic (exact) mass is 219 g/mol. The van der Waals surface area contributed by atoms with Crippen LogP contribution < -0.4 is 5.32 Å². The van der Waals surface area contributed by atoms with Crippen LogP contribution in [0, 0.1) is 5.92 Å². The number of rotatable bonds is 3. The normalized spacial score (nSPS) is 25.6. The molecule has 0 radical (unpaired) electrons. The van der Waals surface area contributed by atoms with E-state index in [0.29, 0.717) is 18.7 Å². The first-order valence-electron chi connectivity index (χ1n) is 5.00. The molecular weight excluding hydrogens is 202 g/mol. The molecule has 1 atom stereocenters. The molecule has 4 nitrogen and oxygen atoms in total. The largest absolute Gasteiger partial charge is 0.356 e. The van der Waals surface area contributed by atoms with E-state index in [-0.39, 0.29) is 17.6 Å². The van der Waals surface area contributed by atoms with Gasteiger partial charge in [0.2, 0.25) is 5.91 Å². The zero-order chi connectivity index (χ0) is 10.6. The molecule has 82 valence electrons. The molecule has 1 N–H and O–H groups in total. The Bertz CT molecular complexity index is 297. The first-order valence-corrected chi connectivity index (χ1v) is 6.83. The van der Waals surface area contributed by atoms with Crippen molar-refractivity contribution >= 4 is 15.7 Å². The van der Waals surface area contributed by atoms with Crippen molar-refractivity contribution in [2.75, 3.05) is 18.1 Å². The van der Waals surface area contributed by atoms with E-state index in [1.54, 1.807) is 6.92 Å². The SMILES string of the molecule is CCC(=O)NCC1CCCS(=O)(=O)C1. The third kappa shape index (κ3) is 3.65. The number of amides is 1. The zero-order valence-electron chi connectivity index (χ0n) is 8.45. The summed E-state index contributed by atoms with van der Waals surface area (Å²) in [5.41, 5.74) is 0. The molecule has 1 fully saturated rings. The second kappa shape index (κ2) is 4.77. The summed E-state index contributed by atoms with van der Waals surface area (Å²) < 4.78 is 22.5. The number of carbonyl (C=O) groups excluding carboxylic acids is 1. The van der Waals surface area contributed by atoms with Crippen LogP contribution >= 0.6 is 0 Å². The van der Waals surface area contributed by atoms with Crippen molar-refractivity contribution in [3.63, 3.8) is 0 Å². The fourth-order valence-electron chi connectivity index (χ4n) is 1.66. The maximum Gasteiger partial charge on any atom is 0.219 e. The van der Waals surface area contributed by atoms with Gasteiger partial charge in [0.05, 0.1) is 11.5 Å². The highest BCUT2D eigenvalue weighted by atomic mass is 32.2. The topological polar surface area (TPSA) is 63.2 Å². The van der Waals surface area contributed by atoms with Gasteiger partial charge < -0.3 is 5.32 Å². The summed E-state index contributed by atoms with van der Waals surface area (Å²) in [6.45, 7) is 2.29. The third-order valence-corrected chi connectivity index (χ3v) is 4.36. The van der Waals surface area contributed by atoms with Crippen LogP contribution in [0.25, 0.3) is 0 Å². The molecule has 14 heavy (non-hydrogen) atoms. The molecule has 1 aliphatic rings. The number of hydrogen-bond acceptors (Lipinski definition) is 3. The minimum atomic E-state index is -2.84. The Morgan fingerprint density at radius 1 is 1.50 bits per heavy atom. The van der Waals surface area contributed by atoms with Crippen molar-refractivity contribution in [3.05, 3.63) is 0 Å². The molecule has 1 amide bonds. The summed E-state index contributed by atoms with van der Waals surface area (Å²) in [6.07, 6.45) is 2.09. The van der Waals surface area contributed by atoms with Crippen molar-refractivity contribution in [3.8, 4) is 0 Å². The van der Waals surface area contributed by atoms with Gasteiger partial charge in [-0.05, 0) is 18.8 Å². The molecule has 0 aromatic rings. The Balaban J connectivity index is 2.35. The lowest BCUT2D eigenvalue weighted by Crippen LogP contribution is -2.35. The van der Waals surface area contributed by atoms with Crippen molar-refractivity contribution in [1.29, 1.82) is 0 Å². The molecule has 0 aromatic carbocycles. The molecule has 1 saturated heterocycles. The molecule has 1 rings (SSSR count). The standard InChI is InChI=1S/C9H17NO3S/c1-2-9(11)10-6-8-4-3-5-14(12,13)7-8/h8H,2-7H2,1H3,(H,10,11). The molecule has 1 aliphatic heterocycles. The molecule has 0 bridgehead atoms. The highest BCUT2D eigenvalue weighted by Gasteiger charge is 2.24. The Morgan fingerprint density at radius 2 is 2.21 bits per heavy atom. The van der Waals surface area contributed by atoms with Gasteiger partial charge in [-0.25, -0.2) is 8.42 Å². The summed E-state index contributed by atoms with van der Waals surface area (Å²) in [5, 5.41) is 2.74. The van der Waals surface area contributed by atoms with Crippen LogP contribution in [-0.4, -0.2) is 32.4 Å². The second-order valence-electron chi connectivity index (χ2n) is 3.78. The predicted molar refractivity (Wildman–Crippen MR) is 54.7 cm³/mol. The fourth-order valence-corrected chi connectivity index (χ4v) is 3.44. The molecule has 0 spiro atoms. The van der Waals surface area contributed by atoms with E-state index in [1.807, 2.05) is 0 Å². The maximum absolute atomic E-state index is 11.3. The Kier molecular flexibility index (Phi) is 3.92. The molecule has 0 saturated carbocycles. The summed E-state index contributed by atoms with van der Waals surface area (Å²) in [5.74, 6) is 0.652. The number of carbonyl (C=O) groups is 1. The van der Waals surface area contributed by atoms with E-state index in [9.17, 15) is 13.2 Å². The highest BCUT2D eigenvalue weighted by Crippen LogP contribution is 2.17. The smallest absolute Gasteiger partial charge is 0.219 e. The molecule has 1 heterocycles. The van der Waals surface area contributed by atoms with Crippen LogP contribution in [0.4, 0.5) is 0 Å². The molecule has 1 unspecified atom stereocenters. The van der Waals surface area contributed by atoms with Gasteiger partial charge in [-0.1, -0.05) is 6.92 Å². The lowest BCUT2D eigenvalue weighted by Gasteiger charge is -2.21. The third-order valence-electron chi connectivity index (χ3n) is 2.47. The minimum absolute atomic E-state index is 0.00651. The zero-order valence-corrected chi connectivity index (χ0v) is 9.27. The van der Waals surface area contributed by atoms with Gasteiger partial charge >= 0.3 is 0 Å². The van der Waals surface area contributed by atoms with Crippen LogP contribution in [0.2, 0.25) is 0 Å². The van der Waals surface area contributed by atoms with Crippen LogP contribution in [0.15, 0.2) is 0 Å². The van der Waals surface area contributed by atoms with Gasteiger partial charge in [-0.2, -0.15) is 0 Å². The van der Waals surface area contributed by atoms with Crippen molar-refractivity contribution < 1.29 is 13.2 Å². The van der Waals surface area contributed by atoms with Gasteiger partial charge in [-0.3, -0.25) is 4.79 Å². The highest BCUT2D eigenvalue weighted by molar-refractivity contribution is 7.91. The van der Waals surface area contributed by atoms with Gasteiger partial charge in [0.15, 0.2) is 9.84 Å². The summed E-state index contributed by atoms with van der Waals surface area (Å²) in [7, 11) is -2.84. The second-order valence-corrected chi connectivity index (χ2v) is 6.01. The molecular formula is C9H17NO3S. The fraction of sp³-hybridized carbons (Fsp3) is 0.889. The summed E-state index contributed by atoms with van der Waals surface area (Å²) in [6, 6.07) is 0. The van der Waals surface area contributed by atoms with Crippen LogP contribution in [-0.2, 0) is 14.6 Å². The number of nitrogens with one attached hydrogen (secondary N) is 1. The van der Waals surface area contributed by atoms with E-state index in [1.165, 1.54) is 0 Å². The van der Waals surface area contributed by atoms with E-state index in [0.717, 1.165) is 12.8 Å². The first kappa shape index (κ1) is 11.5. The van der Waals surface area contributed by atoms with Crippen molar-refractivity contribution in [1.82, 2.24) is 5.32 Å². The number of hydrogen-bond donors (Lipinski definition) is 1. The van der Waals surface area contributed by atoms with Crippen molar-refractivity contribution in [2.45, 2.75) is 26.2 Å². The minimum Gasteiger partial charge on any atom is -0.356 e. The maximum atomic E-state index is 11.3. The van der Waals surface area contributed by atoms with Gasteiger partial charge in [0.1, 0.15) is 0 Å². The van der Waals surface area contributed by atoms with Gasteiger partial charge in [0.25, 0.3) is 0 Å². The van der Waals surface area contributed by atoms with E-state index >= 15 is 0 Å². The van der Waals surface area contributed by atoms with E-state index < -0.39 is 9.84 Å². The van der Waals surface area contributed by atoms with Crippen LogP contribution in [0.5, 0.6) is 0 Å². The molecule has 0 aromatic heterocycles.